The molecule has 25 heavy (non-hydrogen) atoms. The molecule has 0 unspecified atom stereocenters. The van der Waals surface area contributed by atoms with E-state index in [9.17, 15) is 4.79 Å². The maximum absolute atomic E-state index is 12.6. The van der Waals surface area contributed by atoms with Crippen molar-refractivity contribution in [1.29, 1.82) is 0 Å². The van der Waals surface area contributed by atoms with E-state index in [1.807, 2.05) is 18.2 Å². The Labute approximate surface area is 158 Å². The minimum absolute atomic E-state index is 0.187. The highest BCUT2D eigenvalue weighted by molar-refractivity contribution is 9.10. The minimum atomic E-state index is -0.287. The van der Waals surface area contributed by atoms with E-state index >= 15 is 0 Å². The van der Waals surface area contributed by atoms with Crippen LogP contribution in [0, 0.1) is 0 Å². The van der Waals surface area contributed by atoms with Crippen molar-refractivity contribution < 1.29 is 19.0 Å². The number of rotatable bonds is 4. The molecule has 0 saturated carbocycles. The molecule has 2 aromatic carbocycles. The lowest BCUT2D eigenvalue weighted by molar-refractivity contribution is -0.113. The van der Waals surface area contributed by atoms with Crippen LogP contribution in [0.2, 0.25) is 5.02 Å². The van der Waals surface area contributed by atoms with E-state index in [-0.39, 0.29) is 12.5 Å². The normalized spacial score (nSPS) is 12.6. The predicted octanol–water partition coefficient (Wildman–Crippen LogP) is 4.53. The van der Waals surface area contributed by atoms with Crippen molar-refractivity contribution in [2.24, 2.45) is 0 Å². The van der Waals surface area contributed by atoms with E-state index in [0.29, 0.717) is 27.8 Å². The van der Waals surface area contributed by atoms with E-state index in [2.05, 4.69) is 21.2 Å². The highest BCUT2D eigenvalue weighted by Gasteiger charge is 2.19. The SMILES string of the molecule is COc1cc(OC)c(NC(=O)C2=Cc3cc(Br)ccc3OC2)cc1Cl. The van der Waals surface area contributed by atoms with Crippen LogP contribution in [-0.2, 0) is 4.79 Å². The largest absolute Gasteiger partial charge is 0.495 e. The molecule has 2 aromatic rings. The van der Waals surface area contributed by atoms with Gasteiger partial charge in [-0.1, -0.05) is 27.5 Å². The molecule has 130 valence electrons. The number of hydrogen-bond donors (Lipinski definition) is 1. The highest BCUT2D eigenvalue weighted by Crippen LogP contribution is 2.36. The molecule has 0 fully saturated rings. The van der Waals surface area contributed by atoms with Gasteiger partial charge in [-0.25, -0.2) is 0 Å². The molecule has 3 rings (SSSR count). The number of benzene rings is 2. The number of anilines is 1. The fraction of sp³-hybridized carbons (Fsp3) is 0.167. The fourth-order valence-corrected chi connectivity index (χ4v) is 3.06. The van der Waals surface area contributed by atoms with Gasteiger partial charge in [0.1, 0.15) is 23.9 Å². The van der Waals surface area contributed by atoms with Gasteiger partial charge < -0.3 is 19.5 Å². The quantitative estimate of drug-likeness (QED) is 0.783. The summed E-state index contributed by atoms with van der Waals surface area (Å²) in [7, 11) is 3.02. The van der Waals surface area contributed by atoms with Crippen molar-refractivity contribution in [3.63, 3.8) is 0 Å². The number of methoxy groups -OCH3 is 2. The van der Waals surface area contributed by atoms with Crippen LogP contribution in [0.1, 0.15) is 5.56 Å². The lowest BCUT2D eigenvalue weighted by atomic mass is 10.1. The first-order valence-corrected chi connectivity index (χ1v) is 8.54. The summed E-state index contributed by atoms with van der Waals surface area (Å²) >= 11 is 9.55. The molecule has 1 heterocycles. The third-order valence-electron chi connectivity index (χ3n) is 3.70. The van der Waals surface area contributed by atoms with Crippen LogP contribution < -0.4 is 19.5 Å². The molecular weight excluding hydrogens is 410 g/mol. The monoisotopic (exact) mass is 423 g/mol. The van der Waals surface area contributed by atoms with E-state index in [0.717, 1.165) is 15.8 Å². The van der Waals surface area contributed by atoms with Crippen LogP contribution in [0.15, 0.2) is 40.4 Å². The summed E-state index contributed by atoms with van der Waals surface area (Å²) in [5.74, 6) is 1.38. The van der Waals surface area contributed by atoms with Gasteiger partial charge in [0.25, 0.3) is 5.91 Å². The summed E-state index contributed by atoms with van der Waals surface area (Å²) in [6, 6.07) is 8.85. The van der Waals surface area contributed by atoms with Crippen LogP contribution in [-0.4, -0.2) is 26.7 Å². The third-order valence-corrected chi connectivity index (χ3v) is 4.49. The fourth-order valence-electron chi connectivity index (χ4n) is 2.44. The summed E-state index contributed by atoms with van der Waals surface area (Å²) in [5.41, 5.74) is 1.80. The summed E-state index contributed by atoms with van der Waals surface area (Å²) in [4.78, 5) is 12.6. The molecule has 0 aromatic heterocycles. The summed E-state index contributed by atoms with van der Waals surface area (Å²) in [6.45, 7) is 0.187. The third kappa shape index (κ3) is 3.75. The second kappa shape index (κ2) is 7.37. The molecule has 5 nitrogen and oxygen atoms in total. The molecular formula is C18H15BrClNO4. The number of amides is 1. The van der Waals surface area contributed by atoms with Crippen LogP contribution in [0.4, 0.5) is 5.69 Å². The standard InChI is InChI=1S/C18H15BrClNO4/c1-23-16-8-17(24-2)14(7-13(16)20)21-18(22)11-5-10-6-12(19)3-4-15(10)25-9-11/h3-8H,9H2,1-2H3,(H,21,22). The lowest BCUT2D eigenvalue weighted by Crippen LogP contribution is -2.21. The first-order chi connectivity index (χ1) is 12.0. The molecule has 1 amide bonds. The second-order valence-corrected chi connectivity index (χ2v) is 6.60. The predicted molar refractivity (Wildman–Crippen MR) is 101 cm³/mol. The summed E-state index contributed by atoms with van der Waals surface area (Å²) in [6.07, 6.45) is 1.80. The van der Waals surface area contributed by atoms with Crippen molar-refractivity contribution in [2.45, 2.75) is 0 Å². The maximum atomic E-state index is 12.6. The van der Waals surface area contributed by atoms with Crippen LogP contribution >= 0.6 is 27.5 Å². The molecule has 1 aliphatic heterocycles. The van der Waals surface area contributed by atoms with E-state index in [4.69, 9.17) is 25.8 Å². The smallest absolute Gasteiger partial charge is 0.255 e. The summed E-state index contributed by atoms with van der Waals surface area (Å²) < 4.78 is 17.0. The van der Waals surface area contributed by atoms with Crippen molar-refractivity contribution in [1.82, 2.24) is 0 Å². The van der Waals surface area contributed by atoms with Gasteiger partial charge in [-0.15, -0.1) is 0 Å². The number of fused-ring (bicyclic) bond motifs is 1. The topological polar surface area (TPSA) is 56.8 Å². The van der Waals surface area contributed by atoms with E-state index in [1.54, 1.807) is 18.2 Å². The molecule has 0 saturated heterocycles. The Balaban J connectivity index is 1.87. The van der Waals surface area contributed by atoms with Gasteiger partial charge in [0.2, 0.25) is 0 Å². The average molecular weight is 425 g/mol. The Kier molecular flexibility index (Phi) is 5.20. The molecule has 7 heteroatoms. The zero-order valence-electron chi connectivity index (χ0n) is 13.6. The second-order valence-electron chi connectivity index (χ2n) is 5.28. The maximum Gasteiger partial charge on any atom is 0.255 e. The first kappa shape index (κ1) is 17.6. The molecule has 0 atom stereocenters. The highest BCUT2D eigenvalue weighted by atomic mass is 79.9. The van der Waals surface area contributed by atoms with Crippen LogP contribution in [0.3, 0.4) is 0 Å². The van der Waals surface area contributed by atoms with Crippen molar-refractivity contribution in [3.8, 4) is 17.2 Å². The Morgan fingerprint density at radius 1 is 1.20 bits per heavy atom. The van der Waals surface area contributed by atoms with Crippen molar-refractivity contribution in [2.75, 3.05) is 26.1 Å². The van der Waals surface area contributed by atoms with Gasteiger partial charge in [0.05, 0.1) is 30.5 Å². The van der Waals surface area contributed by atoms with Crippen molar-refractivity contribution >= 4 is 45.2 Å². The number of carbonyl (C=O) groups is 1. The van der Waals surface area contributed by atoms with Crippen LogP contribution in [0.25, 0.3) is 6.08 Å². The Bertz CT molecular complexity index is 866. The van der Waals surface area contributed by atoms with Gasteiger partial charge in [-0.05, 0) is 30.3 Å². The van der Waals surface area contributed by atoms with Gasteiger partial charge in [0, 0.05) is 16.1 Å². The van der Waals surface area contributed by atoms with E-state index in [1.165, 1.54) is 14.2 Å². The molecule has 0 bridgehead atoms. The van der Waals surface area contributed by atoms with Gasteiger partial charge >= 0.3 is 0 Å². The zero-order valence-corrected chi connectivity index (χ0v) is 15.9. The Hall–Kier alpha value is -2.18. The van der Waals surface area contributed by atoms with Gasteiger partial charge in [-0.2, -0.15) is 0 Å². The Morgan fingerprint density at radius 3 is 2.68 bits per heavy atom. The molecule has 1 aliphatic rings. The summed E-state index contributed by atoms with van der Waals surface area (Å²) in [5, 5.41) is 3.18. The van der Waals surface area contributed by atoms with Gasteiger partial charge in [-0.3, -0.25) is 4.79 Å². The van der Waals surface area contributed by atoms with E-state index < -0.39 is 0 Å². The lowest BCUT2D eigenvalue weighted by Gasteiger charge is -2.19. The number of nitrogens with one attached hydrogen (secondary N) is 1. The number of halogens is 2. The van der Waals surface area contributed by atoms with Gasteiger partial charge in [0.15, 0.2) is 0 Å². The Morgan fingerprint density at radius 2 is 1.96 bits per heavy atom. The molecule has 0 aliphatic carbocycles. The van der Waals surface area contributed by atoms with Crippen LogP contribution in [0.5, 0.6) is 17.2 Å². The first-order valence-electron chi connectivity index (χ1n) is 7.37. The number of hydrogen-bond acceptors (Lipinski definition) is 4. The minimum Gasteiger partial charge on any atom is -0.495 e. The van der Waals surface area contributed by atoms with Crippen molar-refractivity contribution in [3.05, 3.63) is 51.0 Å². The average Bonchev–Trinajstić information content (AvgIpc) is 2.61. The number of ether oxygens (including phenoxy) is 3. The number of carbonyl (C=O) groups excluding carboxylic acids is 1. The molecule has 0 radical (unpaired) electrons. The zero-order chi connectivity index (χ0) is 18.0. The molecule has 0 spiro atoms. The molecule has 1 N–H and O–H groups in total.